The summed E-state index contributed by atoms with van der Waals surface area (Å²) < 4.78 is 11.0. The van der Waals surface area contributed by atoms with E-state index >= 15 is 0 Å². The van der Waals surface area contributed by atoms with Crippen LogP contribution in [0.5, 0.6) is 0 Å². The molecule has 1 amide bonds. The predicted octanol–water partition coefficient (Wildman–Crippen LogP) is -0.688. The summed E-state index contributed by atoms with van der Waals surface area (Å²) in [5, 5.41) is 11.5. The Balaban J connectivity index is 1.65. The van der Waals surface area contributed by atoms with E-state index in [1.807, 2.05) is 0 Å². The van der Waals surface area contributed by atoms with Crippen LogP contribution in [0.2, 0.25) is 0 Å². The number of thiazole rings is 1. The van der Waals surface area contributed by atoms with Crippen LogP contribution in [0, 0.1) is 0 Å². The van der Waals surface area contributed by atoms with Crippen molar-refractivity contribution in [1.82, 2.24) is 4.98 Å². The number of nitrogens with zero attached hydrogens (tertiary/aromatic N) is 1. The first kappa shape index (κ1) is 11.1. The Morgan fingerprint density at radius 1 is 1.47 bits per heavy atom. The van der Waals surface area contributed by atoms with Crippen molar-refractivity contribution >= 4 is 17.2 Å². The van der Waals surface area contributed by atoms with Gasteiger partial charge >= 0.3 is 0 Å². The van der Waals surface area contributed by atoms with E-state index in [9.17, 15) is 4.79 Å². The molecule has 7 heteroatoms. The molecule has 2 aliphatic rings. The summed E-state index contributed by atoms with van der Waals surface area (Å²) in [5.41, 5.74) is 5.42. The lowest BCUT2D eigenvalue weighted by Crippen LogP contribution is -2.24. The first-order valence-electron chi connectivity index (χ1n) is 5.35. The van der Waals surface area contributed by atoms with Gasteiger partial charge in [-0.15, -0.1) is 11.3 Å². The molecule has 3 N–H and O–H groups in total. The molecule has 17 heavy (non-hydrogen) atoms. The molecular weight excluding hydrogens is 244 g/mol. The van der Waals surface area contributed by atoms with Gasteiger partial charge in [-0.3, -0.25) is 4.79 Å². The number of carbonyl (C=O) groups excluding carboxylic acids is 1. The first-order chi connectivity index (χ1) is 8.19. The highest BCUT2D eigenvalue weighted by atomic mass is 32.1. The third-order valence-electron chi connectivity index (χ3n) is 3.00. The molecule has 1 aromatic rings. The van der Waals surface area contributed by atoms with Crippen molar-refractivity contribution in [2.45, 2.75) is 30.8 Å². The number of ether oxygens (including phenoxy) is 2. The van der Waals surface area contributed by atoms with Crippen molar-refractivity contribution in [3.05, 3.63) is 16.1 Å². The van der Waals surface area contributed by atoms with Crippen LogP contribution in [-0.2, 0) is 15.9 Å². The van der Waals surface area contributed by atoms with Crippen molar-refractivity contribution in [3.63, 3.8) is 0 Å². The van der Waals surface area contributed by atoms with E-state index in [4.69, 9.17) is 20.3 Å². The summed E-state index contributed by atoms with van der Waals surface area (Å²) in [6, 6.07) is 0. The molecule has 92 valence electrons. The number of aliphatic hydroxyl groups is 1. The Bertz CT molecular complexity index is 449. The zero-order chi connectivity index (χ0) is 12.0. The van der Waals surface area contributed by atoms with Gasteiger partial charge in [0.25, 0.3) is 5.91 Å². The summed E-state index contributed by atoms with van der Waals surface area (Å²) in [6.07, 6.45) is 0.383. The highest BCUT2D eigenvalue weighted by molar-refractivity contribution is 7.09. The molecule has 3 heterocycles. The number of aliphatic hydroxyl groups excluding tert-OH is 1. The van der Waals surface area contributed by atoms with Crippen LogP contribution < -0.4 is 5.73 Å². The number of fused-ring (bicyclic) bond motifs is 1. The van der Waals surface area contributed by atoms with E-state index in [1.165, 1.54) is 11.3 Å². The maximum Gasteiger partial charge on any atom is 0.268 e. The van der Waals surface area contributed by atoms with Crippen molar-refractivity contribution < 1.29 is 19.4 Å². The van der Waals surface area contributed by atoms with E-state index in [1.54, 1.807) is 5.38 Å². The molecule has 2 aliphatic heterocycles. The molecule has 0 aromatic carbocycles. The average molecular weight is 256 g/mol. The maximum absolute atomic E-state index is 10.9. The van der Waals surface area contributed by atoms with E-state index in [2.05, 4.69) is 4.98 Å². The van der Waals surface area contributed by atoms with Crippen LogP contribution >= 0.6 is 11.3 Å². The fourth-order valence-corrected chi connectivity index (χ4v) is 2.94. The number of aromatic nitrogens is 1. The van der Waals surface area contributed by atoms with Gasteiger partial charge in [0.1, 0.15) is 24.0 Å². The molecule has 4 atom stereocenters. The SMILES string of the molecule is NC(=O)c1csc(C[C@H]2O[C@H](CO)[C@H]3O[C@H]32)n1. The number of epoxide rings is 1. The number of rotatable bonds is 4. The van der Waals surface area contributed by atoms with Gasteiger partial charge in [-0.25, -0.2) is 4.98 Å². The second kappa shape index (κ2) is 4.02. The predicted molar refractivity (Wildman–Crippen MR) is 58.7 cm³/mol. The molecule has 2 fully saturated rings. The third kappa shape index (κ3) is 1.95. The number of primary amides is 1. The van der Waals surface area contributed by atoms with Gasteiger partial charge in [0, 0.05) is 11.8 Å². The van der Waals surface area contributed by atoms with Gasteiger partial charge in [-0.05, 0) is 0 Å². The molecule has 2 saturated heterocycles. The Hall–Kier alpha value is -1.02. The van der Waals surface area contributed by atoms with Crippen LogP contribution in [0.4, 0.5) is 0 Å². The van der Waals surface area contributed by atoms with Crippen molar-refractivity contribution in [3.8, 4) is 0 Å². The molecule has 0 radical (unpaired) electrons. The molecule has 0 bridgehead atoms. The van der Waals surface area contributed by atoms with Crippen LogP contribution in [0.25, 0.3) is 0 Å². The highest BCUT2D eigenvalue weighted by Gasteiger charge is 2.57. The second-order valence-electron chi connectivity index (χ2n) is 4.16. The molecule has 0 spiro atoms. The number of nitrogens with two attached hydrogens (primary N) is 1. The summed E-state index contributed by atoms with van der Waals surface area (Å²) in [4.78, 5) is 15.0. The lowest BCUT2D eigenvalue weighted by Gasteiger charge is -2.14. The first-order valence-corrected chi connectivity index (χ1v) is 6.23. The standard InChI is InChI=1S/C10H12N2O4S/c11-10(14)4-3-17-7(12-4)1-5-8-9(16-8)6(2-13)15-5/h3,5-6,8-9,13H,1-2H2,(H2,11,14)/t5-,6-,8+,9-/m1/s1. The number of hydrogen-bond acceptors (Lipinski definition) is 6. The maximum atomic E-state index is 10.9. The summed E-state index contributed by atoms with van der Waals surface area (Å²) >= 11 is 1.38. The molecule has 0 unspecified atom stereocenters. The van der Waals surface area contributed by atoms with Gasteiger partial charge in [-0.2, -0.15) is 0 Å². The monoisotopic (exact) mass is 256 g/mol. The second-order valence-corrected chi connectivity index (χ2v) is 5.10. The van der Waals surface area contributed by atoms with Crippen LogP contribution in [-0.4, -0.2) is 47.0 Å². The smallest absolute Gasteiger partial charge is 0.268 e. The molecule has 6 nitrogen and oxygen atoms in total. The normalized spacial score (nSPS) is 34.6. The fourth-order valence-electron chi connectivity index (χ4n) is 2.11. The van der Waals surface area contributed by atoms with Crippen LogP contribution in [0.15, 0.2) is 5.38 Å². The molecule has 0 aliphatic carbocycles. The van der Waals surface area contributed by atoms with Gasteiger partial charge in [0.2, 0.25) is 0 Å². The Morgan fingerprint density at radius 2 is 2.24 bits per heavy atom. The topological polar surface area (TPSA) is 98.0 Å². The average Bonchev–Trinajstić information content (AvgIpc) is 2.82. The number of amides is 1. The van der Waals surface area contributed by atoms with Crippen molar-refractivity contribution in [2.24, 2.45) is 5.73 Å². The van der Waals surface area contributed by atoms with E-state index in [-0.39, 0.29) is 36.7 Å². The largest absolute Gasteiger partial charge is 0.394 e. The van der Waals surface area contributed by atoms with Gasteiger partial charge in [0.15, 0.2) is 0 Å². The highest BCUT2D eigenvalue weighted by Crippen LogP contribution is 2.40. The Labute approximate surface area is 101 Å². The van der Waals surface area contributed by atoms with E-state index in [0.29, 0.717) is 6.42 Å². The van der Waals surface area contributed by atoms with Gasteiger partial charge in [-0.1, -0.05) is 0 Å². The van der Waals surface area contributed by atoms with Gasteiger partial charge in [0.05, 0.1) is 17.7 Å². The summed E-state index contributed by atoms with van der Waals surface area (Å²) in [7, 11) is 0. The van der Waals surface area contributed by atoms with E-state index < -0.39 is 5.91 Å². The van der Waals surface area contributed by atoms with Crippen LogP contribution in [0.1, 0.15) is 15.5 Å². The Morgan fingerprint density at radius 3 is 2.82 bits per heavy atom. The summed E-state index contributed by atoms with van der Waals surface area (Å²) in [6.45, 7) is -0.0257. The number of carbonyl (C=O) groups is 1. The van der Waals surface area contributed by atoms with E-state index in [0.717, 1.165) is 5.01 Å². The van der Waals surface area contributed by atoms with Crippen molar-refractivity contribution in [2.75, 3.05) is 6.61 Å². The van der Waals surface area contributed by atoms with Crippen LogP contribution in [0.3, 0.4) is 0 Å². The minimum atomic E-state index is -0.520. The fraction of sp³-hybridized carbons (Fsp3) is 0.600. The minimum absolute atomic E-state index is 0.0257. The van der Waals surface area contributed by atoms with Gasteiger partial charge < -0.3 is 20.3 Å². The number of hydrogen-bond donors (Lipinski definition) is 2. The lowest BCUT2D eigenvalue weighted by molar-refractivity contribution is -0.0510. The molecular formula is C10H12N2O4S. The quantitative estimate of drug-likeness (QED) is 0.695. The van der Waals surface area contributed by atoms with Crippen molar-refractivity contribution in [1.29, 1.82) is 0 Å². The zero-order valence-corrected chi connectivity index (χ0v) is 9.72. The Kier molecular flexibility index (Phi) is 2.62. The molecule has 1 aromatic heterocycles. The summed E-state index contributed by atoms with van der Waals surface area (Å²) in [5.74, 6) is -0.520. The minimum Gasteiger partial charge on any atom is -0.394 e. The lowest BCUT2D eigenvalue weighted by atomic mass is 10.1. The zero-order valence-electron chi connectivity index (χ0n) is 8.91. The molecule has 0 saturated carbocycles. The molecule has 3 rings (SSSR count). The third-order valence-corrected chi connectivity index (χ3v) is 3.87.